The largest absolute Gasteiger partial charge is 0.455 e. The second kappa shape index (κ2) is 12.4. The molecule has 1 heterocycles. The number of furan rings is 1. The summed E-state index contributed by atoms with van der Waals surface area (Å²) in [6.45, 7) is 0. The maximum atomic E-state index is 6.68. The summed E-state index contributed by atoms with van der Waals surface area (Å²) >= 11 is 0. The highest BCUT2D eigenvalue weighted by Crippen LogP contribution is 2.51. The van der Waals surface area contributed by atoms with Crippen molar-refractivity contribution in [2.45, 2.75) is 0 Å². The highest BCUT2D eigenvalue weighted by molar-refractivity contribution is 6.27. The summed E-state index contributed by atoms with van der Waals surface area (Å²) < 4.78 is 6.68. The molecule has 59 heavy (non-hydrogen) atoms. The van der Waals surface area contributed by atoms with Crippen molar-refractivity contribution in [1.29, 1.82) is 0 Å². The number of hydrogen-bond donors (Lipinski definition) is 0. The van der Waals surface area contributed by atoms with E-state index in [4.69, 9.17) is 4.42 Å². The minimum Gasteiger partial charge on any atom is -0.455 e. The first-order valence-corrected chi connectivity index (χ1v) is 20.4. The second-order valence-electron chi connectivity index (χ2n) is 15.8. The lowest BCUT2D eigenvalue weighted by Crippen LogP contribution is -1.92. The van der Waals surface area contributed by atoms with Gasteiger partial charge in [0.25, 0.3) is 0 Å². The summed E-state index contributed by atoms with van der Waals surface area (Å²) in [6.07, 6.45) is 0. The van der Waals surface area contributed by atoms with E-state index in [1.807, 2.05) is 0 Å². The quantitative estimate of drug-likeness (QED) is 0.164. The summed E-state index contributed by atoms with van der Waals surface area (Å²) in [6, 6.07) is 75.7. The van der Waals surface area contributed by atoms with Gasteiger partial charge in [0.15, 0.2) is 0 Å². The van der Waals surface area contributed by atoms with Crippen molar-refractivity contribution in [3.8, 4) is 66.8 Å². The Bertz CT molecular complexity index is 3630. The van der Waals surface area contributed by atoms with Crippen molar-refractivity contribution in [3.63, 3.8) is 0 Å². The molecule has 0 saturated heterocycles. The Balaban J connectivity index is 0.979. The lowest BCUT2D eigenvalue weighted by Gasteiger charge is -2.19. The third kappa shape index (κ3) is 4.62. The van der Waals surface area contributed by atoms with Crippen molar-refractivity contribution in [2.75, 3.05) is 0 Å². The predicted octanol–water partition coefficient (Wildman–Crippen LogP) is 16.5. The van der Waals surface area contributed by atoms with Crippen LogP contribution in [0.15, 0.2) is 211 Å². The second-order valence-corrected chi connectivity index (χ2v) is 15.8. The van der Waals surface area contributed by atoms with E-state index in [2.05, 4.69) is 206 Å². The first-order valence-electron chi connectivity index (χ1n) is 20.4. The third-order valence-electron chi connectivity index (χ3n) is 12.8. The zero-order chi connectivity index (χ0) is 38.6. The highest BCUT2D eigenvalue weighted by Gasteiger charge is 2.24. The van der Waals surface area contributed by atoms with Crippen LogP contribution in [0, 0.1) is 0 Å². The van der Waals surface area contributed by atoms with Gasteiger partial charge in [0, 0.05) is 16.2 Å². The maximum absolute atomic E-state index is 6.68. The molecule has 11 aromatic carbocycles. The van der Waals surface area contributed by atoms with Gasteiger partial charge < -0.3 is 4.42 Å². The molecule has 0 radical (unpaired) electrons. The van der Waals surface area contributed by atoms with Gasteiger partial charge in [-0.1, -0.05) is 194 Å². The topological polar surface area (TPSA) is 13.1 Å². The Morgan fingerprint density at radius 1 is 0.237 bits per heavy atom. The van der Waals surface area contributed by atoms with E-state index in [0.717, 1.165) is 27.3 Å². The molecule has 13 rings (SSSR count). The maximum Gasteiger partial charge on any atom is 0.143 e. The van der Waals surface area contributed by atoms with E-state index in [1.165, 1.54) is 104 Å². The molecule has 1 aliphatic carbocycles. The average molecular weight is 747 g/mol. The van der Waals surface area contributed by atoms with Gasteiger partial charge in [-0.15, -0.1) is 0 Å². The molecule has 1 nitrogen and oxygen atoms in total. The van der Waals surface area contributed by atoms with Crippen molar-refractivity contribution >= 4 is 65.0 Å². The Morgan fingerprint density at radius 3 is 1.44 bits per heavy atom. The van der Waals surface area contributed by atoms with Gasteiger partial charge in [0.05, 0.1) is 0 Å². The van der Waals surface area contributed by atoms with Crippen LogP contribution < -0.4 is 0 Å². The van der Waals surface area contributed by atoms with E-state index in [0.29, 0.717) is 0 Å². The number of hydrogen-bond acceptors (Lipinski definition) is 1. The van der Waals surface area contributed by atoms with Crippen LogP contribution in [0.2, 0.25) is 0 Å². The van der Waals surface area contributed by atoms with Gasteiger partial charge in [-0.25, -0.2) is 0 Å². The lowest BCUT2D eigenvalue weighted by molar-refractivity contribution is 0.673. The molecular formula is C58H34O. The predicted molar refractivity (Wildman–Crippen MR) is 250 cm³/mol. The standard InChI is InChI=1S/C58H34O/c1-2-15-39-35(13-1)31-32-52-57-51(25-12-26-53(57)59-58(39)52)56-48-21-9-7-19-46(48)54(47-20-8-10-22-49(47)56)37-29-27-36(28-30-37)38-14-3-4-16-40(38)43-33-34-50-42-18-6-5-17-41(42)44-23-11-24-45(43)55(44)50/h1-34H. The summed E-state index contributed by atoms with van der Waals surface area (Å²) in [4.78, 5) is 0. The smallest absolute Gasteiger partial charge is 0.143 e. The van der Waals surface area contributed by atoms with Crippen LogP contribution in [0.3, 0.4) is 0 Å². The van der Waals surface area contributed by atoms with E-state index < -0.39 is 0 Å². The van der Waals surface area contributed by atoms with Crippen LogP contribution in [0.1, 0.15) is 0 Å². The van der Waals surface area contributed by atoms with E-state index >= 15 is 0 Å². The van der Waals surface area contributed by atoms with E-state index in [9.17, 15) is 0 Å². The SMILES string of the molecule is c1ccc(-c2ccc3c4c(cccc24)-c2ccccc2-3)c(-c2ccc(-c3c4ccccc4c(-c4cccc5oc6c7ccccc7ccc6c45)c4ccccc34)cc2)c1. The minimum absolute atomic E-state index is 0.907. The molecule has 1 heteroatoms. The zero-order valence-corrected chi connectivity index (χ0v) is 32.0. The molecule has 0 N–H and O–H groups in total. The van der Waals surface area contributed by atoms with E-state index in [1.54, 1.807) is 0 Å². The van der Waals surface area contributed by atoms with Crippen LogP contribution >= 0.6 is 0 Å². The lowest BCUT2D eigenvalue weighted by atomic mass is 9.84. The van der Waals surface area contributed by atoms with Gasteiger partial charge in [-0.2, -0.15) is 0 Å². The summed E-state index contributed by atoms with van der Waals surface area (Å²) in [5.41, 5.74) is 17.0. The molecule has 0 spiro atoms. The number of benzene rings is 11. The normalized spacial score (nSPS) is 12.1. The van der Waals surface area contributed by atoms with Crippen molar-refractivity contribution in [3.05, 3.63) is 206 Å². The van der Waals surface area contributed by atoms with Crippen LogP contribution in [-0.4, -0.2) is 0 Å². The van der Waals surface area contributed by atoms with Crippen LogP contribution in [0.4, 0.5) is 0 Å². The average Bonchev–Trinajstić information content (AvgIpc) is 3.86. The molecule has 0 atom stereocenters. The summed E-state index contributed by atoms with van der Waals surface area (Å²) in [5.74, 6) is 0. The fourth-order valence-electron chi connectivity index (χ4n) is 10.3. The first-order chi connectivity index (χ1) is 29.3. The summed E-state index contributed by atoms with van der Waals surface area (Å²) in [5, 5.41) is 12.2. The van der Waals surface area contributed by atoms with Crippen LogP contribution in [0.25, 0.3) is 132 Å². The molecule has 0 fully saturated rings. The van der Waals surface area contributed by atoms with Crippen LogP contribution in [-0.2, 0) is 0 Å². The van der Waals surface area contributed by atoms with E-state index in [-0.39, 0.29) is 0 Å². The van der Waals surface area contributed by atoms with Gasteiger partial charge >= 0.3 is 0 Å². The molecule has 0 aliphatic heterocycles. The molecule has 12 aromatic rings. The minimum atomic E-state index is 0.907. The third-order valence-corrected chi connectivity index (χ3v) is 12.8. The highest BCUT2D eigenvalue weighted by atomic mass is 16.3. The van der Waals surface area contributed by atoms with Crippen LogP contribution in [0.5, 0.6) is 0 Å². The molecule has 1 aliphatic rings. The Kier molecular flexibility index (Phi) is 6.79. The Hall–Kier alpha value is -7.74. The fourth-order valence-corrected chi connectivity index (χ4v) is 10.3. The van der Waals surface area contributed by atoms with Gasteiger partial charge in [-0.05, 0) is 117 Å². The number of fused-ring (bicyclic) bond motifs is 10. The van der Waals surface area contributed by atoms with Crippen molar-refractivity contribution in [1.82, 2.24) is 0 Å². The zero-order valence-electron chi connectivity index (χ0n) is 32.0. The van der Waals surface area contributed by atoms with Crippen molar-refractivity contribution < 1.29 is 4.42 Å². The molecule has 0 saturated carbocycles. The monoisotopic (exact) mass is 746 g/mol. The molecule has 1 aromatic heterocycles. The summed E-state index contributed by atoms with van der Waals surface area (Å²) in [7, 11) is 0. The molecule has 0 amide bonds. The molecule has 0 bridgehead atoms. The molecular weight excluding hydrogens is 713 g/mol. The first kappa shape index (κ1) is 32.4. The van der Waals surface area contributed by atoms with Gasteiger partial charge in [0.2, 0.25) is 0 Å². The Morgan fingerprint density at radius 2 is 0.729 bits per heavy atom. The van der Waals surface area contributed by atoms with Gasteiger partial charge in [0.1, 0.15) is 11.2 Å². The molecule has 0 unspecified atom stereocenters. The molecule has 272 valence electrons. The van der Waals surface area contributed by atoms with Gasteiger partial charge in [-0.3, -0.25) is 0 Å². The Labute approximate surface area is 341 Å². The van der Waals surface area contributed by atoms with Crippen molar-refractivity contribution in [2.24, 2.45) is 0 Å². The fraction of sp³-hybridized carbons (Fsp3) is 0. The number of rotatable bonds is 4.